The molecule has 0 aliphatic heterocycles. The zero-order valence-electron chi connectivity index (χ0n) is 13.5. The summed E-state index contributed by atoms with van der Waals surface area (Å²) in [5.74, 6) is -0.204. The van der Waals surface area contributed by atoms with Crippen LogP contribution >= 0.6 is 0 Å². The Labute approximate surface area is 127 Å². The van der Waals surface area contributed by atoms with Crippen LogP contribution in [-0.4, -0.2) is 0 Å². The van der Waals surface area contributed by atoms with Crippen LogP contribution in [0.15, 0.2) is 24.3 Å². The monoisotopic (exact) mass is 285 g/mol. The van der Waals surface area contributed by atoms with Crippen LogP contribution in [0, 0.1) is 40.4 Å². The first kappa shape index (κ1) is 15.7. The van der Waals surface area contributed by atoms with Crippen molar-refractivity contribution >= 4 is 0 Å². The Hall–Kier alpha value is -1.67. The molecule has 0 bridgehead atoms. The molecule has 2 heteroatoms. The number of rotatable bonds is 3. The maximum absolute atomic E-state index is 13.3. The van der Waals surface area contributed by atoms with E-state index in [0.717, 1.165) is 5.56 Å². The molecule has 0 saturated heterocycles. The van der Waals surface area contributed by atoms with Gasteiger partial charge in [0.05, 0.1) is 0 Å². The summed E-state index contributed by atoms with van der Waals surface area (Å²) >= 11 is 0. The van der Waals surface area contributed by atoms with Crippen LogP contribution in [0.5, 0.6) is 0 Å². The fraction of sp³-hybridized carbons (Fsp3) is 0.368. The molecule has 0 aliphatic carbocycles. The van der Waals surface area contributed by atoms with Gasteiger partial charge in [0, 0.05) is 6.04 Å². The number of hydrogen-bond donors (Lipinski definition) is 1. The summed E-state index contributed by atoms with van der Waals surface area (Å²) in [5.41, 5.74) is 15.1. The molecule has 0 amide bonds. The molecular formula is C19H24FN. The molecule has 0 aromatic heterocycles. The van der Waals surface area contributed by atoms with Crippen molar-refractivity contribution in [3.63, 3.8) is 0 Å². The van der Waals surface area contributed by atoms with E-state index < -0.39 is 0 Å². The molecule has 0 aliphatic rings. The Morgan fingerprint density at radius 2 is 1.43 bits per heavy atom. The fourth-order valence-corrected chi connectivity index (χ4v) is 3.11. The summed E-state index contributed by atoms with van der Waals surface area (Å²) in [7, 11) is 0. The van der Waals surface area contributed by atoms with E-state index in [9.17, 15) is 4.39 Å². The van der Waals surface area contributed by atoms with Crippen molar-refractivity contribution in [1.82, 2.24) is 0 Å². The molecule has 2 aromatic rings. The molecule has 2 N–H and O–H groups in total. The van der Waals surface area contributed by atoms with E-state index in [4.69, 9.17) is 5.73 Å². The third kappa shape index (κ3) is 3.01. The third-order valence-electron chi connectivity index (χ3n) is 4.77. The van der Waals surface area contributed by atoms with E-state index >= 15 is 0 Å². The molecule has 2 aromatic carbocycles. The zero-order valence-corrected chi connectivity index (χ0v) is 13.5. The Morgan fingerprint density at radius 3 is 1.95 bits per heavy atom. The van der Waals surface area contributed by atoms with Gasteiger partial charge in [0.15, 0.2) is 0 Å². The van der Waals surface area contributed by atoms with Crippen molar-refractivity contribution in [2.24, 2.45) is 5.73 Å². The van der Waals surface area contributed by atoms with E-state index in [1.54, 1.807) is 12.1 Å². The Balaban J connectivity index is 2.42. The SMILES string of the molecule is Cc1c(C)c(C)c(C(N)Cc2cccc(F)c2)c(C)c1C. The van der Waals surface area contributed by atoms with Crippen LogP contribution in [0.4, 0.5) is 4.39 Å². The minimum Gasteiger partial charge on any atom is -0.324 e. The van der Waals surface area contributed by atoms with Crippen LogP contribution < -0.4 is 5.73 Å². The van der Waals surface area contributed by atoms with Crippen molar-refractivity contribution in [3.05, 3.63) is 69.0 Å². The molecule has 0 spiro atoms. The second-order valence-electron chi connectivity index (χ2n) is 5.98. The molecule has 21 heavy (non-hydrogen) atoms. The minimum atomic E-state index is -0.204. The Kier molecular flexibility index (Phi) is 4.48. The van der Waals surface area contributed by atoms with Crippen LogP contribution in [0.3, 0.4) is 0 Å². The largest absolute Gasteiger partial charge is 0.324 e. The lowest BCUT2D eigenvalue weighted by atomic mass is 9.85. The van der Waals surface area contributed by atoms with Crippen molar-refractivity contribution < 1.29 is 4.39 Å². The van der Waals surface area contributed by atoms with E-state index in [0.29, 0.717) is 6.42 Å². The van der Waals surface area contributed by atoms with Gasteiger partial charge in [-0.05, 0) is 92.1 Å². The van der Waals surface area contributed by atoms with Gasteiger partial charge >= 0.3 is 0 Å². The van der Waals surface area contributed by atoms with Crippen molar-refractivity contribution in [2.75, 3.05) is 0 Å². The lowest BCUT2D eigenvalue weighted by Gasteiger charge is -2.23. The molecule has 1 unspecified atom stereocenters. The van der Waals surface area contributed by atoms with Crippen molar-refractivity contribution in [1.29, 1.82) is 0 Å². The summed E-state index contributed by atoms with van der Waals surface area (Å²) in [6.07, 6.45) is 0.654. The first-order valence-corrected chi connectivity index (χ1v) is 7.39. The van der Waals surface area contributed by atoms with E-state index in [1.807, 2.05) is 6.07 Å². The highest BCUT2D eigenvalue weighted by Gasteiger charge is 2.18. The molecule has 1 nitrogen and oxygen atoms in total. The summed E-state index contributed by atoms with van der Waals surface area (Å²) in [5, 5.41) is 0. The maximum Gasteiger partial charge on any atom is 0.123 e. The molecular weight excluding hydrogens is 261 g/mol. The van der Waals surface area contributed by atoms with Crippen LogP contribution in [0.25, 0.3) is 0 Å². The second-order valence-corrected chi connectivity index (χ2v) is 5.98. The molecule has 112 valence electrons. The van der Waals surface area contributed by atoms with E-state index in [1.165, 1.54) is 39.4 Å². The van der Waals surface area contributed by atoms with Crippen LogP contribution in [0.2, 0.25) is 0 Å². The quantitative estimate of drug-likeness (QED) is 0.875. The topological polar surface area (TPSA) is 26.0 Å². The zero-order chi connectivity index (χ0) is 15.7. The van der Waals surface area contributed by atoms with Gasteiger partial charge < -0.3 is 5.73 Å². The fourth-order valence-electron chi connectivity index (χ4n) is 3.11. The van der Waals surface area contributed by atoms with Crippen LogP contribution in [-0.2, 0) is 6.42 Å². The average molecular weight is 285 g/mol. The number of nitrogens with two attached hydrogens (primary N) is 1. The second kappa shape index (κ2) is 5.98. The van der Waals surface area contributed by atoms with Crippen LogP contribution in [0.1, 0.15) is 45.0 Å². The smallest absolute Gasteiger partial charge is 0.123 e. The van der Waals surface area contributed by atoms with Gasteiger partial charge in [0.1, 0.15) is 5.82 Å². The van der Waals surface area contributed by atoms with E-state index in [2.05, 4.69) is 34.6 Å². The average Bonchev–Trinajstić information content (AvgIpc) is 2.43. The van der Waals surface area contributed by atoms with Crippen molar-refractivity contribution in [2.45, 2.75) is 47.1 Å². The predicted molar refractivity (Wildman–Crippen MR) is 87.2 cm³/mol. The number of benzene rings is 2. The Bertz CT molecular complexity index is 645. The van der Waals surface area contributed by atoms with Gasteiger partial charge in [-0.25, -0.2) is 4.39 Å². The highest BCUT2D eigenvalue weighted by Crippen LogP contribution is 2.31. The first-order chi connectivity index (χ1) is 9.82. The lowest BCUT2D eigenvalue weighted by Crippen LogP contribution is -2.18. The summed E-state index contributed by atoms with van der Waals surface area (Å²) in [4.78, 5) is 0. The maximum atomic E-state index is 13.3. The van der Waals surface area contributed by atoms with Crippen molar-refractivity contribution in [3.8, 4) is 0 Å². The third-order valence-corrected chi connectivity index (χ3v) is 4.77. The highest BCUT2D eigenvalue weighted by atomic mass is 19.1. The van der Waals surface area contributed by atoms with Gasteiger partial charge in [-0.2, -0.15) is 0 Å². The van der Waals surface area contributed by atoms with Gasteiger partial charge in [-0.15, -0.1) is 0 Å². The van der Waals surface area contributed by atoms with E-state index in [-0.39, 0.29) is 11.9 Å². The molecule has 0 fully saturated rings. The van der Waals surface area contributed by atoms with Gasteiger partial charge in [-0.1, -0.05) is 12.1 Å². The molecule has 0 saturated carbocycles. The summed E-state index contributed by atoms with van der Waals surface area (Å²) < 4.78 is 13.3. The predicted octanol–water partition coefficient (Wildman–Crippen LogP) is 4.61. The summed E-state index contributed by atoms with van der Waals surface area (Å²) in [6, 6.07) is 6.60. The highest BCUT2D eigenvalue weighted by molar-refractivity contribution is 5.51. The standard InChI is InChI=1S/C19H24FN/c1-11-12(2)14(4)19(15(5)13(11)3)18(21)10-16-7-6-8-17(20)9-16/h6-9,18H,10,21H2,1-5H3. The normalized spacial score (nSPS) is 12.5. The first-order valence-electron chi connectivity index (χ1n) is 7.39. The molecule has 0 heterocycles. The number of hydrogen-bond acceptors (Lipinski definition) is 1. The molecule has 0 radical (unpaired) electrons. The summed E-state index contributed by atoms with van der Waals surface area (Å²) in [6.45, 7) is 10.7. The Morgan fingerprint density at radius 1 is 0.905 bits per heavy atom. The van der Waals surface area contributed by atoms with Gasteiger partial charge in [-0.3, -0.25) is 0 Å². The molecule has 1 atom stereocenters. The van der Waals surface area contributed by atoms with Gasteiger partial charge in [0.2, 0.25) is 0 Å². The van der Waals surface area contributed by atoms with Gasteiger partial charge in [0.25, 0.3) is 0 Å². The minimum absolute atomic E-state index is 0.107. The lowest BCUT2D eigenvalue weighted by molar-refractivity contribution is 0.621. The number of halogens is 1. The molecule has 2 rings (SSSR count).